The van der Waals surface area contributed by atoms with Gasteiger partial charge in [-0.05, 0) is 19.3 Å². The first-order chi connectivity index (χ1) is 20.9. The SMILES string of the molecule is CCCCCCCCC(O)C(O)CCCCCCCC(=O)OC[C@H]1O[C@H](OC[C@H](O)[C@H](O)[C@@H](O)[C@@H](O)CO)[C@H](O)[C@@H](O)[C@@H]1O. The number of esters is 1. The largest absolute Gasteiger partial charge is 0.463 e. The molecule has 0 amide bonds. The number of aliphatic hydroxyl groups excluding tert-OH is 10. The van der Waals surface area contributed by atoms with Crippen molar-refractivity contribution in [2.24, 2.45) is 0 Å². The molecule has 14 nitrogen and oxygen atoms in total. The Bertz CT molecular complexity index is 730. The van der Waals surface area contributed by atoms with Crippen LogP contribution in [0, 0.1) is 0 Å². The average Bonchev–Trinajstić information content (AvgIpc) is 3.02. The molecule has 0 aromatic heterocycles. The van der Waals surface area contributed by atoms with Crippen molar-refractivity contribution in [3.8, 4) is 0 Å². The summed E-state index contributed by atoms with van der Waals surface area (Å²) in [4.78, 5) is 12.2. The Labute approximate surface area is 260 Å². The topological polar surface area (TPSA) is 247 Å². The molecule has 1 saturated heterocycles. The lowest BCUT2D eigenvalue weighted by Crippen LogP contribution is -2.60. The zero-order chi connectivity index (χ0) is 33.1. The highest BCUT2D eigenvalue weighted by molar-refractivity contribution is 5.69. The highest BCUT2D eigenvalue weighted by atomic mass is 16.7. The molecule has 0 bridgehead atoms. The molecule has 1 aliphatic rings. The predicted molar refractivity (Wildman–Crippen MR) is 157 cm³/mol. The Morgan fingerprint density at radius 1 is 0.682 bits per heavy atom. The Morgan fingerprint density at radius 2 is 1.20 bits per heavy atom. The van der Waals surface area contributed by atoms with Crippen molar-refractivity contribution in [2.75, 3.05) is 19.8 Å². The van der Waals surface area contributed by atoms with Crippen LogP contribution in [-0.2, 0) is 19.0 Å². The molecule has 0 radical (unpaired) electrons. The van der Waals surface area contributed by atoms with E-state index < -0.39 is 93.1 Å². The summed E-state index contributed by atoms with van der Waals surface area (Å²) < 4.78 is 15.7. The third kappa shape index (κ3) is 15.5. The van der Waals surface area contributed by atoms with E-state index in [0.717, 1.165) is 44.9 Å². The average molecular weight is 643 g/mol. The van der Waals surface area contributed by atoms with Crippen molar-refractivity contribution in [3.63, 3.8) is 0 Å². The molecule has 0 aliphatic carbocycles. The van der Waals surface area contributed by atoms with E-state index in [1.807, 2.05) is 0 Å². The molecular formula is C30H58O14. The monoisotopic (exact) mass is 642 g/mol. The van der Waals surface area contributed by atoms with E-state index in [1.54, 1.807) is 0 Å². The number of hydrogen-bond donors (Lipinski definition) is 10. The minimum absolute atomic E-state index is 0.111. The number of unbranched alkanes of at least 4 members (excludes halogenated alkanes) is 9. The summed E-state index contributed by atoms with van der Waals surface area (Å²) >= 11 is 0. The molecule has 14 heteroatoms. The molecule has 0 saturated carbocycles. The number of rotatable bonds is 25. The van der Waals surface area contributed by atoms with Gasteiger partial charge in [-0.15, -0.1) is 0 Å². The number of carbonyl (C=O) groups is 1. The summed E-state index contributed by atoms with van der Waals surface area (Å²) in [5.74, 6) is -0.554. The molecular weight excluding hydrogens is 584 g/mol. The van der Waals surface area contributed by atoms with Gasteiger partial charge in [0.1, 0.15) is 55.4 Å². The third-order valence-corrected chi connectivity index (χ3v) is 8.01. The Morgan fingerprint density at radius 3 is 1.77 bits per heavy atom. The van der Waals surface area contributed by atoms with Crippen molar-refractivity contribution in [3.05, 3.63) is 0 Å². The Balaban J connectivity index is 2.26. The van der Waals surface area contributed by atoms with Gasteiger partial charge in [0, 0.05) is 6.42 Å². The summed E-state index contributed by atoms with van der Waals surface area (Å²) in [6, 6.07) is 0. The van der Waals surface area contributed by atoms with Gasteiger partial charge in [0.2, 0.25) is 0 Å². The van der Waals surface area contributed by atoms with Crippen molar-refractivity contribution in [1.29, 1.82) is 0 Å². The maximum absolute atomic E-state index is 12.2. The highest BCUT2D eigenvalue weighted by Gasteiger charge is 2.45. The maximum Gasteiger partial charge on any atom is 0.305 e. The van der Waals surface area contributed by atoms with Crippen molar-refractivity contribution in [1.82, 2.24) is 0 Å². The first-order valence-electron chi connectivity index (χ1n) is 16.1. The van der Waals surface area contributed by atoms with Crippen LogP contribution in [0.5, 0.6) is 0 Å². The van der Waals surface area contributed by atoms with Gasteiger partial charge in [-0.25, -0.2) is 0 Å². The molecule has 0 spiro atoms. The molecule has 1 rings (SSSR count). The van der Waals surface area contributed by atoms with Crippen LogP contribution < -0.4 is 0 Å². The lowest BCUT2D eigenvalue weighted by atomic mass is 9.99. The lowest BCUT2D eigenvalue weighted by Gasteiger charge is -2.40. The highest BCUT2D eigenvalue weighted by Crippen LogP contribution is 2.23. The quantitative estimate of drug-likeness (QED) is 0.0424. The van der Waals surface area contributed by atoms with Gasteiger partial charge in [-0.3, -0.25) is 4.79 Å². The molecule has 44 heavy (non-hydrogen) atoms. The molecule has 11 atom stereocenters. The van der Waals surface area contributed by atoms with Crippen LogP contribution in [-0.4, -0.2) is 144 Å². The van der Waals surface area contributed by atoms with Crippen LogP contribution in [0.4, 0.5) is 0 Å². The fraction of sp³-hybridized carbons (Fsp3) is 0.967. The molecule has 1 heterocycles. The van der Waals surface area contributed by atoms with Gasteiger partial charge >= 0.3 is 5.97 Å². The number of aliphatic hydroxyl groups is 10. The Hall–Kier alpha value is -1.01. The smallest absolute Gasteiger partial charge is 0.305 e. The summed E-state index contributed by atoms with van der Waals surface area (Å²) in [6.07, 6.45) is -4.84. The number of hydrogen-bond acceptors (Lipinski definition) is 14. The van der Waals surface area contributed by atoms with E-state index in [2.05, 4.69) is 6.92 Å². The molecule has 2 unspecified atom stereocenters. The first kappa shape index (κ1) is 41.0. The second-order valence-corrected chi connectivity index (χ2v) is 11.8. The van der Waals surface area contributed by atoms with Gasteiger partial charge in [0.25, 0.3) is 0 Å². The minimum atomic E-state index is -1.91. The molecule has 0 aromatic rings. The van der Waals surface area contributed by atoms with E-state index >= 15 is 0 Å². The van der Waals surface area contributed by atoms with Crippen LogP contribution in [0.15, 0.2) is 0 Å². The zero-order valence-corrected chi connectivity index (χ0v) is 26.0. The van der Waals surface area contributed by atoms with Gasteiger partial charge in [-0.1, -0.05) is 71.1 Å². The number of carbonyl (C=O) groups excluding carboxylic acids is 1. The standard InChI is InChI=1S/C30H58O14/c1-2-3-4-5-7-10-13-19(32)20(33)14-11-8-6-9-12-15-24(36)42-18-23-27(39)28(40)29(41)30(44-23)43-17-22(35)26(38)25(37)21(34)16-31/h19-23,25-35,37-41H,2-18H2,1H3/t19?,20?,21-,22-,23+,25-,26-,27+,28-,29+,30-/m0/s1. The van der Waals surface area contributed by atoms with Gasteiger partial charge in [0.15, 0.2) is 6.29 Å². The van der Waals surface area contributed by atoms with Crippen LogP contribution >= 0.6 is 0 Å². The summed E-state index contributed by atoms with van der Waals surface area (Å²) in [7, 11) is 0. The second-order valence-electron chi connectivity index (χ2n) is 11.8. The number of ether oxygens (including phenoxy) is 3. The second kappa shape index (κ2) is 23.3. The van der Waals surface area contributed by atoms with Crippen LogP contribution in [0.1, 0.15) is 96.8 Å². The molecule has 262 valence electrons. The minimum Gasteiger partial charge on any atom is -0.463 e. The predicted octanol–water partition coefficient (Wildman–Crippen LogP) is -1.01. The van der Waals surface area contributed by atoms with Crippen molar-refractivity contribution < 1.29 is 70.1 Å². The van der Waals surface area contributed by atoms with Crippen LogP contribution in [0.3, 0.4) is 0 Å². The first-order valence-corrected chi connectivity index (χ1v) is 16.1. The fourth-order valence-corrected chi connectivity index (χ4v) is 4.97. The van der Waals surface area contributed by atoms with E-state index in [0.29, 0.717) is 19.3 Å². The molecule has 10 N–H and O–H groups in total. The van der Waals surface area contributed by atoms with E-state index in [4.69, 9.17) is 19.3 Å². The van der Waals surface area contributed by atoms with E-state index in [-0.39, 0.29) is 6.42 Å². The fourth-order valence-electron chi connectivity index (χ4n) is 4.97. The van der Waals surface area contributed by atoms with Crippen LogP contribution in [0.2, 0.25) is 0 Å². The zero-order valence-electron chi connectivity index (χ0n) is 26.0. The molecule has 0 aromatic carbocycles. The Kier molecular flexibility index (Phi) is 21.7. The van der Waals surface area contributed by atoms with Crippen molar-refractivity contribution in [2.45, 2.75) is 164 Å². The van der Waals surface area contributed by atoms with Gasteiger partial charge in [-0.2, -0.15) is 0 Å². The summed E-state index contributed by atoms with van der Waals surface area (Å²) in [6.45, 7) is 0.140. The molecule has 1 aliphatic heterocycles. The summed E-state index contributed by atoms with van der Waals surface area (Å²) in [5, 5.41) is 98.7. The van der Waals surface area contributed by atoms with Crippen molar-refractivity contribution >= 4 is 5.97 Å². The van der Waals surface area contributed by atoms with Crippen LogP contribution in [0.25, 0.3) is 0 Å². The van der Waals surface area contributed by atoms with Gasteiger partial charge < -0.3 is 65.3 Å². The third-order valence-electron chi connectivity index (χ3n) is 8.01. The van der Waals surface area contributed by atoms with E-state index in [1.165, 1.54) is 19.3 Å². The molecule has 1 fully saturated rings. The lowest BCUT2D eigenvalue weighted by molar-refractivity contribution is -0.307. The van der Waals surface area contributed by atoms with E-state index in [9.17, 15) is 50.8 Å². The summed E-state index contributed by atoms with van der Waals surface area (Å²) in [5.41, 5.74) is 0. The normalized spacial score (nSPS) is 26.5. The maximum atomic E-state index is 12.2. The van der Waals surface area contributed by atoms with Gasteiger partial charge in [0.05, 0.1) is 25.4 Å².